The van der Waals surface area contributed by atoms with Crippen molar-refractivity contribution in [2.24, 2.45) is 0 Å². The zero-order chi connectivity index (χ0) is 25.8. The predicted molar refractivity (Wildman–Crippen MR) is 142 cm³/mol. The number of nitrogens with one attached hydrogen (secondary N) is 1. The van der Waals surface area contributed by atoms with Crippen LogP contribution in [0.1, 0.15) is 18.1 Å². The molecular formula is C27H23N5O4S. The summed E-state index contributed by atoms with van der Waals surface area (Å²) in [6, 6.07) is 16.4. The molecule has 9 nitrogen and oxygen atoms in total. The number of anilines is 1. The van der Waals surface area contributed by atoms with E-state index >= 15 is 0 Å². The fraction of sp³-hybridized carbons (Fsp3) is 0.148. The monoisotopic (exact) mass is 513 g/mol. The van der Waals surface area contributed by atoms with Crippen LogP contribution in [0.4, 0.5) is 5.69 Å². The maximum atomic E-state index is 12.9. The number of fused-ring (bicyclic) bond motifs is 1. The van der Waals surface area contributed by atoms with Crippen molar-refractivity contribution in [2.75, 3.05) is 18.5 Å². The summed E-state index contributed by atoms with van der Waals surface area (Å²) in [5.41, 5.74) is 3.05. The van der Waals surface area contributed by atoms with Gasteiger partial charge in [0.15, 0.2) is 23.9 Å². The highest BCUT2D eigenvalue weighted by Crippen LogP contribution is 2.29. The minimum Gasteiger partial charge on any atom is -0.490 e. The van der Waals surface area contributed by atoms with E-state index in [0.29, 0.717) is 39.1 Å². The third-order valence-electron chi connectivity index (χ3n) is 5.35. The molecule has 5 aromatic rings. The number of pyridine rings is 1. The Hall–Kier alpha value is -4.57. The normalized spacial score (nSPS) is 11.6. The quantitative estimate of drug-likeness (QED) is 0.338. The Morgan fingerprint density at radius 1 is 1.08 bits per heavy atom. The summed E-state index contributed by atoms with van der Waals surface area (Å²) in [7, 11) is 0. The Labute approximate surface area is 216 Å². The van der Waals surface area contributed by atoms with Crippen molar-refractivity contribution < 1.29 is 14.3 Å². The molecule has 0 unspecified atom stereocenters. The first kappa shape index (κ1) is 24.1. The molecule has 2 aromatic carbocycles. The number of hydrogen-bond donors (Lipinski definition) is 1. The molecule has 5 rings (SSSR count). The van der Waals surface area contributed by atoms with E-state index in [0.717, 1.165) is 16.7 Å². The topological polar surface area (TPSA) is 108 Å². The van der Waals surface area contributed by atoms with Crippen LogP contribution in [0.15, 0.2) is 71.8 Å². The van der Waals surface area contributed by atoms with Crippen molar-refractivity contribution in [3.05, 3.63) is 93.0 Å². The van der Waals surface area contributed by atoms with Gasteiger partial charge in [-0.15, -0.1) is 5.10 Å². The Kier molecular flexibility index (Phi) is 6.91. The Morgan fingerprint density at radius 2 is 1.92 bits per heavy atom. The van der Waals surface area contributed by atoms with E-state index in [4.69, 9.17) is 9.47 Å². The van der Waals surface area contributed by atoms with E-state index in [9.17, 15) is 9.59 Å². The zero-order valence-electron chi connectivity index (χ0n) is 20.2. The molecule has 0 atom stereocenters. The van der Waals surface area contributed by atoms with Crippen LogP contribution >= 0.6 is 11.3 Å². The smallest absolute Gasteiger partial charge is 0.291 e. The number of nitrogens with zero attached hydrogens (tertiary/aromatic N) is 4. The molecule has 3 aromatic heterocycles. The van der Waals surface area contributed by atoms with Crippen molar-refractivity contribution in [3.63, 3.8) is 0 Å². The SMILES string of the molecule is CCOc1cc(/C=c2\sc3nc(-c4ccncc4)nn3c2=O)ccc1OCC(=O)Nc1cccc(C)c1. The molecule has 0 radical (unpaired) electrons. The van der Waals surface area contributed by atoms with Gasteiger partial charge in [0, 0.05) is 23.6 Å². The van der Waals surface area contributed by atoms with Crippen molar-refractivity contribution in [1.29, 1.82) is 0 Å². The first-order valence-corrected chi connectivity index (χ1v) is 12.4. The Morgan fingerprint density at radius 3 is 2.68 bits per heavy atom. The van der Waals surface area contributed by atoms with Crippen LogP contribution in [0.25, 0.3) is 22.4 Å². The molecule has 0 fully saturated rings. The second-order valence-corrected chi connectivity index (χ2v) is 9.14. The van der Waals surface area contributed by atoms with Crippen molar-refractivity contribution in [2.45, 2.75) is 13.8 Å². The fourth-order valence-electron chi connectivity index (χ4n) is 3.67. The van der Waals surface area contributed by atoms with Gasteiger partial charge in [0.25, 0.3) is 11.5 Å². The van der Waals surface area contributed by atoms with Gasteiger partial charge in [-0.3, -0.25) is 14.6 Å². The predicted octanol–water partition coefficient (Wildman–Crippen LogP) is 3.49. The van der Waals surface area contributed by atoms with E-state index in [-0.39, 0.29) is 18.1 Å². The molecule has 3 heterocycles. The average Bonchev–Trinajstić information content (AvgIpc) is 3.43. The molecule has 0 aliphatic rings. The molecular weight excluding hydrogens is 490 g/mol. The molecule has 0 aliphatic carbocycles. The summed E-state index contributed by atoms with van der Waals surface area (Å²) in [6.45, 7) is 4.06. The zero-order valence-corrected chi connectivity index (χ0v) is 21.0. The Bertz CT molecular complexity index is 1680. The lowest BCUT2D eigenvalue weighted by molar-refractivity contribution is -0.118. The highest BCUT2D eigenvalue weighted by Gasteiger charge is 2.13. The van der Waals surface area contributed by atoms with Gasteiger partial charge >= 0.3 is 0 Å². The molecule has 1 N–H and O–H groups in total. The summed E-state index contributed by atoms with van der Waals surface area (Å²) in [5.74, 6) is 1.11. The van der Waals surface area contributed by atoms with Crippen molar-refractivity contribution in [1.82, 2.24) is 19.6 Å². The highest BCUT2D eigenvalue weighted by molar-refractivity contribution is 7.15. The summed E-state index contributed by atoms with van der Waals surface area (Å²) < 4.78 is 13.3. The lowest BCUT2D eigenvalue weighted by atomic mass is 10.2. The van der Waals surface area contributed by atoms with Gasteiger partial charge in [-0.25, -0.2) is 0 Å². The molecule has 1 amide bonds. The minimum absolute atomic E-state index is 0.171. The van der Waals surface area contributed by atoms with Gasteiger partial charge in [-0.05, 0) is 67.4 Å². The van der Waals surface area contributed by atoms with Gasteiger partial charge in [-0.1, -0.05) is 29.5 Å². The van der Waals surface area contributed by atoms with Gasteiger partial charge in [0.1, 0.15) is 0 Å². The summed E-state index contributed by atoms with van der Waals surface area (Å²) in [4.78, 5) is 34.3. The number of aromatic nitrogens is 4. The molecule has 0 saturated carbocycles. The number of carbonyl (C=O) groups excluding carboxylic acids is 1. The maximum absolute atomic E-state index is 12.9. The fourth-order valence-corrected chi connectivity index (χ4v) is 4.58. The van der Waals surface area contributed by atoms with Crippen molar-refractivity contribution >= 4 is 34.0 Å². The first-order chi connectivity index (χ1) is 18.0. The second kappa shape index (κ2) is 10.6. The summed E-state index contributed by atoms with van der Waals surface area (Å²) in [5, 5.41) is 7.17. The first-order valence-electron chi connectivity index (χ1n) is 11.6. The number of hydrogen-bond acceptors (Lipinski definition) is 8. The maximum Gasteiger partial charge on any atom is 0.291 e. The number of amides is 1. The van der Waals surface area contributed by atoms with E-state index < -0.39 is 0 Å². The number of aryl methyl sites for hydroxylation is 1. The molecule has 0 bridgehead atoms. The van der Waals surface area contributed by atoms with Gasteiger partial charge in [0.2, 0.25) is 4.96 Å². The van der Waals surface area contributed by atoms with Crippen LogP contribution in [0.3, 0.4) is 0 Å². The number of benzene rings is 2. The number of carbonyl (C=O) groups is 1. The number of ether oxygens (including phenoxy) is 2. The lowest BCUT2D eigenvalue weighted by Crippen LogP contribution is -2.23. The molecule has 0 saturated heterocycles. The molecule has 37 heavy (non-hydrogen) atoms. The van der Waals surface area contributed by atoms with Crippen LogP contribution in [-0.2, 0) is 4.79 Å². The van der Waals surface area contributed by atoms with E-state index in [2.05, 4.69) is 20.4 Å². The van der Waals surface area contributed by atoms with E-state index in [1.165, 1.54) is 15.9 Å². The van der Waals surface area contributed by atoms with E-state index in [1.807, 2.05) is 38.1 Å². The average molecular weight is 514 g/mol. The molecule has 0 spiro atoms. The highest BCUT2D eigenvalue weighted by atomic mass is 32.1. The van der Waals surface area contributed by atoms with Crippen LogP contribution in [0.2, 0.25) is 0 Å². The summed E-state index contributed by atoms with van der Waals surface area (Å²) >= 11 is 1.25. The third-order valence-corrected chi connectivity index (χ3v) is 6.31. The molecule has 0 aliphatic heterocycles. The Balaban J connectivity index is 1.35. The summed E-state index contributed by atoms with van der Waals surface area (Å²) in [6.07, 6.45) is 5.06. The second-order valence-electron chi connectivity index (χ2n) is 8.13. The van der Waals surface area contributed by atoms with Gasteiger partial charge < -0.3 is 14.8 Å². The van der Waals surface area contributed by atoms with Crippen molar-refractivity contribution in [3.8, 4) is 22.9 Å². The lowest BCUT2D eigenvalue weighted by Gasteiger charge is -2.13. The van der Waals surface area contributed by atoms with Gasteiger partial charge in [0.05, 0.1) is 11.1 Å². The van der Waals surface area contributed by atoms with Gasteiger partial charge in [-0.2, -0.15) is 9.50 Å². The third kappa shape index (κ3) is 5.49. The van der Waals surface area contributed by atoms with Crippen LogP contribution in [0, 0.1) is 6.92 Å². The number of thiazole rings is 1. The van der Waals surface area contributed by atoms with Crippen LogP contribution in [0.5, 0.6) is 11.5 Å². The van der Waals surface area contributed by atoms with Crippen LogP contribution in [-0.4, -0.2) is 38.7 Å². The van der Waals surface area contributed by atoms with Crippen LogP contribution < -0.4 is 24.9 Å². The standard InChI is InChI=1S/C27H23N5O4S/c1-3-35-22-14-18(7-8-21(22)36-16-24(33)29-20-6-4-5-17(2)13-20)15-23-26(34)32-27(37-23)30-25(31-32)19-9-11-28-12-10-19/h4-15H,3,16H2,1-2H3,(H,29,33)/b23-15-. The molecule has 10 heteroatoms. The minimum atomic E-state index is -0.278. The van der Waals surface area contributed by atoms with E-state index in [1.54, 1.807) is 48.8 Å². The molecule has 186 valence electrons. The number of rotatable bonds is 8. The largest absolute Gasteiger partial charge is 0.490 e.